The summed E-state index contributed by atoms with van der Waals surface area (Å²) in [5.41, 5.74) is 8.04. The summed E-state index contributed by atoms with van der Waals surface area (Å²) in [6, 6.07) is 24.6. The maximum Gasteiger partial charge on any atom is 0.276 e. The molecule has 4 rings (SSSR count). The van der Waals surface area contributed by atoms with Crippen LogP contribution in [0.5, 0.6) is 5.75 Å². The number of aromatic nitrogens is 1. The molecule has 0 bridgehead atoms. The summed E-state index contributed by atoms with van der Waals surface area (Å²) in [4.78, 5) is 28.8. The first kappa shape index (κ1) is 22.5. The van der Waals surface area contributed by atoms with E-state index >= 15 is 0 Å². The molecule has 33 heavy (non-hydrogen) atoms. The van der Waals surface area contributed by atoms with Crippen molar-refractivity contribution in [3.05, 3.63) is 95.0 Å². The number of hydrazine groups is 1. The lowest BCUT2D eigenvalue weighted by Crippen LogP contribution is -2.44. The average molecular weight is 478 g/mol. The van der Waals surface area contributed by atoms with Gasteiger partial charge in [-0.05, 0) is 17.7 Å². The molecule has 1 heterocycles. The summed E-state index contributed by atoms with van der Waals surface area (Å²) in [7, 11) is 0. The molecule has 3 aromatic carbocycles. The fourth-order valence-electron chi connectivity index (χ4n) is 3.12. The first-order valence-electron chi connectivity index (χ1n) is 10.1. The SMILES string of the molecule is O=C(COc1ccccc1-c1ccccc1)NNC(=O)Cc1csc(-c2ccccc2Cl)n1. The number of benzene rings is 3. The summed E-state index contributed by atoms with van der Waals surface area (Å²) in [5.74, 6) is -0.273. The average Bonchev–Trinajstić information content (AvgIpc) is 3.30. The highest BCUT2D eigenvalue weighted by Gasteiger charge is 2.13. The molecule has 0 radical (unpaired) electrons. The first-order valence-corrected chi connectivity index (χ1v) is 11.4. The van der Waals surface area contributed by atoms with Gasteiger partial charge in [0.1, 0.15) is 10.8 Å². The smallest absolute Gasteiger partial charge is 0.276 e. The minimum atomic E-state index is -0.471. The van der Waals surface area contributed by atoms with Gasteiger partial charge in [0.05, 0.1) is 17.1 Å². The number of hydrogen-bond acceptors (Lipinski definition) is 5. The molecular formula is C25H20ClN3O3S. The van der Waals surface area contributed by atoms with Crippen LogP contribution in [0.15, 0.2) is 84.2 Å². The molecule has 4 aromatic rings. The predicted molar refractivity (Wildman–Crippen MR) is 130 cm³/mol. The second kappa shape index (κ2) is 10.8. The van der Waals surface area contributed by atoms with Gasteiger partial charge in [-0.2, -0.15) is 0 Å². The second-order valence-electron chi connectivity index (χ2n) is 7.05. The van der Waals surface area contributed by atoms with Crippen molar-refractivity contribution >= 4 is 34.8 Å². The molecule has 1 aromatic heterocycles. The third kappa shape index (κ3) is 5.97. The molecular weight excluding hydrogens is 458 g/mol. The summed E-state index contributed by atoms with van der Waals surface area (Å²) in [5, 5.41) is 3.13. The van der Waals surface area contributed by atoms with Crippen LogP contribution in [0.3, 0.4) is 0 Å². The lowest BCUT2D eigenvalue weighted by Gasteiger charge is -2.12. The molecule has 2 N–H and O–H groups in total. The van der Waals surface area contributed by atoms with E-state index in [-0.39, 0.29) is 18.9 Å². The zero-order chi connectivity index (χ0) is 23.0. The first-order chi connectivity index (χ1) is 16.1. The van der Waals surface area contributed by atoms with Gasteiger partial charge in [0.25, 0.3) is 5.91 Å². The van der Waals surface area contributed by atoms with Gasteiger partial charge in [-0.25, -0.2) is 4.98 Å². The van der Waals surface area contributed by atoms with Gasteiger partial charge in [0, 0.05) is 16.5 Å². The normalized spacial score (nSPS) is 10.5. The lowest BCUT2D eigenvalue weighted by atomic mass is 10.1. The Hall–Kier alpha value is -3.68. The van der Waals surface area contributed by atoms with Crippen molar-refractivity contribution < 1.29 is 14.3 Å². The Morgan fingerprint density at radius 2 is 1.52 bits per heavy atom. The van der Waals surface area contributed by atoms with E-state index in [0.29, 0.717) is 16.5 Å². The Bertz CT molecular complexity index is 1260. The lowest BCUT2D eigenvalue weighted by molar-refractivity contribution is -0.129. The monoisotopic (exact) mass is 477 g/mol. The van der Waals surface area contributed by atoms with E-state index in [1.54, 1.807) is 17.5 Å². The summed E-state index contributed by atoms with van der Waals surface area (Å²) in [6.45, 7) is -0.239. The Labute approximate surface area is 200 Å². The van der Waals surface area contributed by atoms with Gasteiger partial charge in [-0.3, -0.25) is 20.4 Å². The van der Waals surface area contributed by atoms with E-state index in [4.69, 9.17) is 16.3 Å². The van der Waals surface area contributed by atoms with Gasteiger partial charge in [-0.1, -0.05) is 78.3 Å². The van der Waals surface area contributed by atoms with Crippen LogP contribution in [0.4, 0.5) is 0 Å². The molecule has 0 unspecified atom stereocenters. The topological polar surface area (TPSA) is 80.3 Å². The largest absolute Gasteiger partial charge is 0.483 e. The Kier molecular flexibility index (Phi) is 7.34. The molecule has 0 spiro atoms. The molecule has 8 heteroatoms. The van der Waals surface area contributed by atoms with E-state index in [2.05, 4.69) is 15.8 Å². The van der Waals surface area contributed by atoms with Gasteiger partial charge >= 0.3 is 0 Å². The van der Waals surface area contributed by atoms with Gasteiger partial charge in [0.15, 0.2) is 6.61 Å². The molecule has 2 amide bonds. The third-order valence-corrected chi connectivity index (χ3v) is 5.92. The van der Waals surface area contributed by atoms with Crippen LogP contribution >= 0.6 is 22.9 Å². The summed E-state index contributed by atoms with van der Waals surface area (Å²) >= 11 is 7.61. The van der Waals surface area contributed by atoms with E-state index in [1.165, 1.54) is 11.3 Å². The number of nitrogens with zero attached hydrogens (tertiary/aromatic N) is 1. The van der Waals surface area contributed by atoms with Gasteiger partial charge in [-0.15, -0.1) is 11.3 Å². The van der Waals surface area contributed by atoms with Crippen molar-refractivity contribution in [1.29, 1.82) is 0 Å². The Morgan fingerprint density at radius 3 is 2.30 bits per heavy atom. The quantitative estimate of drug-likeness (QED) is 0.371. The molecule has 0 saturated heterocycles. The molecule has 0 aliphatic carbocycles. The zero-order valence-corrected chi connectivity index (χ0v) is 19.0. The zero-order valence-electron chi connectivity index (χ0n) is 17.5. The van der Waals surface area contributed by atoms with Crippen LogP contribution in [-0.2, 0) is 16.0 Å². The van der Waals surface area contributed by atoms with Crippen molar-refractivity contribution in [1.82, 2.24) is 15.8 Å². The number of halogens is 1. The minimum absolute atomic E-state index is 0.0267. The second-order valence-corrected chi connectivity index (χ2v) is 8.31. The van der Waals surface area contributed by atoms with Crippen LogP contribution in [-0.4, -0.2) is 23.4 Å². The van der Waals surface area contributed by atoms with E-state index in [0.717, 1.165) is 21.7 Å². The number of rotatable bonds is 7. The van der Waals surface area contributed by atoms with Gasteiger partial charge < -0.3 is 4.74 Å². The Balaban J connectivity index is 1.27. The molecule has 0 fully saturated rings. The Morgan fingerprint density at radius 1 is 0.848 bits per heavy atom. The highest BCUT2D eigenvalue weighted by molar-refractivity contribution is 7.13. The van der Waals surface area contributed by atoms with Crippen molar-refractivity contribution in [2.45, 2.75) is 6.42 Å². The van der Waals surface area contributed by atoms with Crippen molar-refractivity contribution in [2.24, 2.45) is 0 Å². The molecule has 166 valence electrons. The number of carbonyl (C=O) groups is 2. The molecule has 6 nitrogen and oxygen atoms in total. The number of hydrogen-bond donors (Lipinski definition) is 2. The van der Waals surface area contributed by atoms with Crippen molar-refractivity contribution in [2.75, 3.05) is 6.61 Å². The maximum atomic E-state index is 12.2. The van der Waals surface area contributed by atoms with Crippen molar-refractivity contribution in [3.8, 4) is 27.4 Å². The van der Waals surface area contributed by atoms with Crippen LogP contribution < -0.4 is 15.6 Å². The third-order valence-electron chi connectivity index (χ3n) is 4.67. The number of thiazole rings is 1. The van der Waals surface area contributed by atoms with Crippen LogP contribution in [0.1, 0.15) is 5.69 Å². The minimum Gasteiger partial charge on any atom is -0.483 e. The van der Waals surface area contributed by atoms with Crippen molar-refractivity contribution in [3.63, 3.8) is 0 Å². The van der Waals surface area contributed by atoms with Crippen LogP contribution in [0.25, 0.3) is 21.7 Å². The highest BCUT2D eigenvalue weighted by atomic mass is 35.5. The molecule has 0 atom stereocenters. The number of para-hydroxylation sites is 1. The van der Waals surface area contributed by atoms with E-state index in [9.17, 15) is 9.59 Å². The predicted octanol–water partition coefficient (Wildman–Crippen LogP) is 4.90. The van der Waals surface area contributed by atoms with Crippen LogP contribution in [0, 0.1) is 0 Å². The molecule has 0 aliphatic rings. The van der Waals surface area contributed by atoms with E-state index < -0.39 is 5.91 Å². The maximum absolute atomic E-state index is 12.2. The number of carbonyl (C=O) groups excluding carboxylic acids is 2. The fraction of sp³-hybridized carbons (Fsp3) is 0.0800. The van der Waals surface area contributed by atoms with E-state index in [1.807, 2.05) is 66.7 Å². The van der Waals surface area contributed by atoms with Crippen LogP contribution in [0.2, 0.25) is 5.02 Å². The summed E-state index contributed by atoms with van der Waals surface area (Å²) in [6.07, 6.45) is 0.0267. The number of ether oxygens (including phenoxy) is 1. The number of amides is 2. The van der Waals surface area contributed by atoms with Gasteiger partial charge in [0.2, 0.25) is 5.91 Å². The molecule has 0 aliphatic heterocycles. The summed E-state index contributed by atoms with van der Waals surface area (Å²) < 4.78 is 5.68. The standard InChI is InChI=1S/C25H20ClN3O3S/c26-21-12-6-4-11-20(21)25-27-18(16-33-25)14-23(30)28-29-24(31)15-32-22-13-7-5-10-19(22)17-8-2-1-3-9-17/h1-13,16H,14-15H2,(H,28,30)(H,29,31). The highest BCUT2D eigenvalue weighted by Crippen LogP contribution is 2.30. The fourth-order valence-corrected chi connectivity index (χ4v) is 4.26. The molecule has 0 saturated carbocycles. The number of nitrogens with one attached hydrogen (secondary N) is 2.